The second-order valence-electron chi connectivity index (χ2n) is 8.43. The summed E-state index contributed by atoms with van der Waals surface area (Å²) < 4.78 is 0. The molecule has 6 rings (SSSR count). The zero-order valence-corrected chi connectivity index (χ0v) is 17.9. The lowest BCUT2D eigenvalue weighted by molar-refractivity contribution is 0.625. The van der Waals surface area contributed by atoms with Gasteiger partial charge in [0.2, 0.25) is 0 Å². The van der Waals surface area contributed by atoms with Gasteiger partial charge < -0.3 is 15.2 Å². The Hall–Kier alpha value is -2.70. The van der Waals surface area contributed by atoms with Gasteiger partial charge in [0.1, 0.15) is 5.65 Å². The molecule has 0 amide bonds. The molecule has 4 aromatic rings. The maximum Gasteiger partial charge on any atom is 0.185 e. The zero-order valence-electron chi connectivity index (χ0n) is 17.1. The van der Waals surface area contributed by atoms with Crippen LogP contribution >= 0.6 is 11.3 Å². The summed E-state index contributed by atoms with van der Waals surface area (Å²) in [5.41, 5.74) is 9.14. The molecule has 0 saturated carbocycles. The largest absolute Gasteiger partial charge is 0.346 e. The molecule has 0 spiro atoms. The van der Waals surface area contributed by atoms with Crippen molar-refractivity contribution in [2.75, 3.05) is 18.0 Å². The monoisotopic (exact) mass is 415 g/mol. The van der Waals surface area contributed by atoms with Crippen molar-refractivity contribution < 1.29 is 0 Å². The molecule has 0 unspecified atom stereocenters. The topological polar surface area (TPSA) is 56.8 Å². The van der Waals surface area contributed by atoms with Gasteiger partial charge in [-0.05, 0) is 72.7 Å². The number of nitrogens with zero attached hydrogens (tertiary/aromatic N) is 3. The molecule has 1 aromatic carbocycles. The molecular weight excluding hydrogens is 390 g/mol. The average Bonchev–Trinajstić information content (AvgIpc) is 3.55. The molecule has 2 N–H and O–H groups in total. The number of hydrogen-bond acceptors (Lipinski definition) is 5. The van der Waals surface area contributed by atoms with Crippen molar-refractivity contribution in [3.8, 4) is 11.1 Å². The molecule has 2 aliphatic heterocycles. The van der Waals surface area contributed by atoms with Crippen LogP contribution in [0.4, 0.5) is 5.13 Å². The molecule has 0 bridgehead atoms. The summed E-state index contributed by atoms with van der Waals surface area (Å²) in [6, 6.07) is 7.54. The van der Waals surface area contributed by atoms with Gasteiger partial charge in [0.25, 0.3) is 0 Å². The van der Waals surface area contributed by atoms with Crippen molar-refractivity contribution in [2.45, 2.75) is 38.8 Å². The van der Waals surface area contributed by atoms with Gasteiger partial charge >= 0.3 is 0 Å². The van der Waals surface area contributed by atoms with Crippen LogP contribution in [-0.4, -0.2) is 28.0 Å². The van der Waals surface area contributed by atoms with Gasteiger partial charge in [0, 0.05) is 54.1 Å². The maximum atomic E-state index is 4.68. The predicted octanol–water partition coefficient (Wildman–Crippen LogP) is 4.98. The predicted molar refractivity (Wildman–Crippen MR) is 123 cm³/mol. The third-order valence-corrected chi connectivity index (χ3v) is 7.41. The number of anilines is 1. The molecule has 1 atom stereocenters. The quantitative estimate of drug-likeness (QED) is 0.495. The summed E-state index contributed by atoms with van der Waals surface area (Å²) in [5.74, 6) is 0. The SMILES string of the molecule is Cc1c[nH]c2ncc(-c3cc4c(c([C@@H]5CCCN5)c3)CN(c3nccs3)CC4)cc12. The van der Waals surface area contributed by atoms with Crippen LogP contribution in [0.5, 0.6) is 0 Å². The molecule has 5 heterocycles. The number of benzene rings is 1. The second kappa shape index (κ2) is 7.22. The molecule has 30 heavy (non-hydrogen) atoms. The summed E-state index contributed by atoms with van der Waals surface area (Å²) in [6.45, 7) is 5.22. The molecule has 0 aliphatic carbocycles. The normalized spacial score (nSPS) is 18.8. The van der Waals surface area contributed by atoms with Crippen LogP contribution in [0, 0.1) is 6.92 Å². The Morgan fingerprint density at radius 2 is 2.13 bits per heavy atom. The fraction of sp³-hybridized carbons (Fsp3) is 0.333. The number of fused-ring (bicyclic) bond motifs is 2. The Morgan fingerprint density at radius 3 is 2.97 bits per heavy atom. The molecule has 5 nitrogen and oxygen atoms in total. The summed E-state index contributed by atoms with van der Waals surface area (Å²) in [6.07, 6.45) is 9.47. The lowest BCUT2D eigenvalue weighted by Gasteiger charge is -2.32. The Labute approximate surface area is 180 Å². The van der Waals surface area contributed by atoms with E-state index in [2.05, 4.69) is 55.7 Å². The number of rotatable bonds is 3. The van der Waals surface area contributed by atoms with E-state index in [-0.39, 0.29) is 0 Å². The van der Waals surface area contributed by atoms with Crippen LogP contribution in [0.25, 0.3) is 22.2 Å². The number of thiazole rings is 1. The minimum Gasteiger partial charge on any atom is -0.346 e. The van der Waals surface area contributed by atoms with Crippen molar-refractivity contribution in [3.05, 3.63) is 64.4 Å². The zero-order chi connectivity index (χ0) is 20.1. The number of aromatic nitrogens is 3. The summed E-state index contributed by atoms with van der Waals surface area (Å²) in [5, 5.41) is 8.14. The standard InChI is InChI=1S/C24H25N5S/c1-15-12-27-23-19(15)11-18(13-28-23)17-9-16-4-7-29(24-26-6-8-30-24)14-21(16)20(10-17)22-3-2-5-25-22/h6,8-13,22,25H,2-5,7,14H2,1H3,(H,27,28)/t22-/m0/s1. The molecule has 6 heteroatoms. The minimum atomic E-state index is 0.445. The first-order valence-corrected chi connectivity index (χ1v) is 11.6. The van der Waals surface area contributed by atoms with E-state index in [4.69, 9.17) is 0 Å². The van der Waals surface area contributed by atoms with Crippen LogP contribution in [0.3, 0.4) is 0 Å². The highest BCUT2D eigenvalue weighted by Gasteiger charge is 2.27. The highest BCUT2D eigenvalue weighted by Crippen LogP contribution is 2.37. The number of pyridine rings is 1. The molecule has 152 valence electrons. The second-order valence-corrected chi connectivity index (χ2v) is 9.30. The van der Waals surface area contributed by atoms with E-state index in [1.807, 2.05) is 18.6 Å². The Bertz CT molecular complexity index is 1200. The van der Waals surface area contributed by atoms with E-state index in [9.17, 15) is 0 Å². The van der Waals surface area contributed by atoms with Crippen molar-refractivity contribution in [2.24, 2.45) is 0 Å². The first kappa shape index (κ1) is 18.1. The third-order valence-electron chi connectivity index (χ3n) is 6.57. The van der Waals surface area contributed by atoms with Crippen LogP contribution in [-0.2, 0) is 13.0 Å². The van der Waals surface area contributed by atoms with Crippen molar-refractivity contribution in [1.82, 2.24) is 20.3 Å². The number of aromatic amines is 1. The van der Waals surface area contributed by atoms with Gasteiger partial charge in [0.15, 0.2) is 5.13 Å². The summed E-state index contributed by atoms with van der Waals surface area (Å²) in [4.78, 5) is 14.9. The Morgan fingerprint density at radius 1 is 1.17 bits per heavy atom. The molecular formula is C24H25N5S. The van der Waals surface area contributed by atoms with E-state index in [1.54, 1.807) is 11.3 Å². The lowest BCUT2D eigenvalue weighted by atomic mass is 9.87. The van der Waals surface area contributed by atoms with Crippen molar-refractivity contribution >= 4 is 27.5 Å². The lowest BCUT2D eigenvalue weighted by Crippen LogP contribution is -2.32. The number of nitrogens with one attached hydrogen (secondary N) is 2. The Kier molecular flexibility index (Phi) is 4.35. The maximum absolute atomic E-state index is 4.68. The molecule has 1 saturated heterocycles. The van der Waals surface area contributed by atoms with E-state index in [1.165, 1.54) is 51.6 Å². The minimum absolute atomic E-state index is 0.445. The van der Waals surface area contributed by atoms with Gasteiger partial charge in [-0.25, -0.2) is 9.97 Å². The molecule has 0 radical (unpaired) electrons. The fourth-order valence-electron chi connectivity index (χ4n) is 4.95. The highest BCUT2D eigenvalue weighted by atomic mass is 32.1. The van der Waals surface area contributed by atoms with Crippen LogP contribution in [0.1, 0.15) is 41.1 Å². The van der Waals surface area contributed by atoms with E-state index >= 15 is 0 Å². The summed E-state index contributed by atoms with van der Waals surface area (Å²) in [7, 11) is 0. The smallest absolute Gasteiger partial charge is 0.185 e. The molecule has 1 fully saturated rings. The first-order chi connectivity index (χ1) is 14.8. The van der Waals surface area contributed by atoms with Crippen LogP contribution in [0.15, 0.2) is 42.2 Å². The van der Waals surface area contributed by atoms with Gasteiger partial charge in [-0.3, -0.25) is 0 Å². The van der Waals surface area contributed by atoms with E-state index < -0.39 is 0 Å². The number of H-pyrrole nitrogens is 1. The highest BCUT2D eigenvalue weighted by molar-refractivity contribution is 7.13. The van der Waals surface area contributed by atoms with Gasteiger partial charge in [-0.1, -0.05) is 6.07 Å². The number of hydrogen-bond donors (Lipinski definition) is 2. The third kappa shape index (κ3) is 3.02. The van der Waals surface area contributed by atoms with Gasteiger partial charge in [0.05, 0.1) is 0 Å². The average molecular weight is 416 g/mol. The first-order valence-electron chi connectivity index (χ1n) is 10.7. The van der Waals surface area contributed by atoms with Gasteiger partial charge in [-0.2, -0.15) is 0 Å². The fourth-order valence-corrected chi connectivity index (χ4v) is 5.62. The van der Waals surface area contributed by atoms with Gasteiger partial charge in [-0.15, -0.1) is 11.3 Å². The van der Waals surface area contributed by atoms with Crippen LogP contribution < -0.4 is 10.2 Å². The van der Waals surface area contributed by atoms with E-state index in [0.717, 1.165) is 36.8 Å². The molecule has 3 aromatic heterocycles. The Balaban J connectivity index is 1.46. The summed E-state index contributed by atoms with van der Waals surface area (Å²) >= 11 is 1.73. The van der Waals surface area contributed by atoms with Crippen LogP contribution in [0.2, 0.25) is 0 Å². The number of aryl methyl sites for hydroxylation is 1. The van der Waals surface area contributed by atoms with Crippen molar-refractivity contribution in [1.29, 1.82) is 0 Å². The van der Waals surface area contributed by atoms with Crippen molar-refractivity contribution in [3.63, 3.8) is 0 Å². The van der Waals surface area contributed by atoms with E-state index in [0.29, 0.717) is 6.04 Å². The molecule has 2 aliphatic rings.